The van der Waals surface area contributed by atoms with Gasteiger partial charge >= 0.3 is 12.3 Å². The summed E-state index contributed by atoms with van der Waals surface area (Å²) in [6.45, 7) is 0.0244. The minimum Gasteiger partial charge on any atom is -0.478 e. The first-order chi connectivity index (χ1) is 14.4. The van der Waals surface area contributed by atoms with E-state index in [1.165, 1.54) is 0 Å². The number of carbonyl (C=O) groups excluding carboxylic acids is 1. The van der Waals surface area contributed by atoms with Gasteiger partial charge in [-0.25, -0.2) is 9.78 Å². The molecule has 1 saturated carbocycles. The Bertz CT molecular complexity index is 888. The summed E-state index contributed by atoms with van der Waals surface area (Å²) < 4.78 is 50.6. The molecule has 6 bridgehead atoms. The van der Waals surface area contributed by atoms with Gasteiger partial charge in [-0.2, -0.15) is 18.3 Å². The molecule has 2 aliphatic rings. The molecule has 0 saturated heterocycles. The van der Waals surface area contributed by atoms with Crippen LogP contribution in [0.3, 0.4) is 0 Å². The number of anilines is 2. The molecule has 3 N–H and O–H groups in total. The van der Waals surface area contributed by atoms with Crippen molar-refractivity contribution in [3.8, 4) is 5.88 Å². The Morgan fingerprint density at radius 2 is 2.03 bits per heavy atom. The van der Waals surface area contributed by atoms with Crippen molar-refractivity contribution >= 4 is 17.6 Å². The van der Waals surface area contributed by atoms with Crippen molar-refractivity contribution in [2.24, 2.45) is 0 Å². The summed E-state index contributed by atoms with van der Waals surface area (Å²) in [6.07, 6.45) is -2.91. The van der Waals surface area contributed by atoms with Crippen molar-refractivity contribution in [2.75, 3.05) is 11.9 Å². The van der Waals surface area contributed by atoms with Gasteiger partial charge in [-0.3, -0.25) is 5.10 Å². The molecule has 3 atom stereocenters. The summed E-state index contributed by atoms with van der Waals surface area (Å²) in [5.41, 5.74) is 1.58. The van der Waals surface area contributed by atoms with Crippen molar-refractivity contribution in [1.82, 2.24) is 20.5 Å². The lowest BCUT2D eigenvalue weighted by Crippen LogP contribution is -2.46. The first-order valence-corrected chi connectivity index (χ1v) is 9.82. The van der Waals surface area contributed by atoms with E-state index in [9.17, 15) is 18.0 Å². The Balaban J connectivity index is 1.54. The van der Waals surface area contributed by atoms with Crippen LogP contribution in [-0.2, 0) is 4.74 Å². The predicted molar refractivity (Wildman–Crippen MR) is 101 cm³/mol. The SMILES string of the molecule is O=C1N[C@@H](C(F)(F)F)CCCOc2cc(ccn2)Nc2cc([nH]n2)[C@H]2CC[C@H](C2)O1. The summed E-state index contributed by atoms with van der Waals surface area (Å²) in [6, 6.07) is 3.27. The second kappa shape index (κ2) is 8.41. The highest BCUT2D eigenvalue weighted by Gasteiger charge is 2.41. The molecule has 1 amide bonds. The van der Waals surface area contributed by atoms with Crippen LogP contribution in [0, 0.1) is 0 Å². The number of nitrogens with zero attached hydrogens (tertiary/aromatic N) is 2. The molecule has 11 heteroatoms. The van der Waals surface area contributed by atoms with E-state index in [-0.39, 0.29) is 31.2 Å². The summed E-state index contributed by atoms with van der Waals surface area (Å²) in [5, 5.41) is 12.4. The number of fused-ring (bicyclic) bond motifs is 7. The Labute approximate surface area is 170 Å². The van der Waals surface area contributed by atoms with Gasteiger partial charge in [-0.15, -0.1) is 0 Å². The van der Waals surface area contributed by atoms with Crippen molar-refractivity contribution in [3.63, 3.8) is 0 Å². The van der Waals surface area contributed by atoms with Gasteiger partial charge < -0.3 is 20.1 Å². The molecule has 1 fully saturated rings. The van der Waals surface area contributed by atoms with Crippen LogP contribution in [0.15, 0.2) is 24.4 Å². The van der Waals surface area contributed by atoms with E-state index in [2.05, 4.69) is 20.5 Å². The van der Waals surface area contributed by atoms with Gasteiger partial charge in [-0.05, 0) is 38.2 Å². The van der Waals surface area contributed by atoms with Gasteiger partial charge in [0.15, 0.2) is 5.82 Å². The zero-order chi connectivity index (χ0) is 21.1. The average Bonchev–Trinajstić information content (AvgIpc) is 3.32. The fourth-order valence-electron chi connectivity index (χ4n) is 3.76. The van der Waals surface area contributed by atoms with Gasteiger partial charge in [0.1, 0.15) is 12.1 Å². The molecule has 4 rings (SSSR count). The minimum atomic E-state index is -4.58. The number of pyridine rings is 1. The number of alkyl carbamates (subject to hydrolysis) is 1. The Hall–Kier alpha value is -2.98. The molecule has 2 aromatic heterocycles. The molecule has 162 valence electrons. The summed E-state index contributed by atoms with van der Waals surface area (Å²) in [7, 11) is 0. The number of hydrogen-bond donors (Lipinski definition) is 3. The van der Waals surface area contributed by atoms with E-state index in [1.807, 2.05) is 11.4 Å². The molecule has 2 aromatic rings. The zero-order valence-electron chi connectivity index (χ0n) is 16.0. The number of aromatic amines is 1. The van der Waals surface area contributed by atoms with Gasteiger partial charge in [0.05, 0.1) is 6.61 Å². The number of nitrogens with one attached hydrogen (secondary N) is 3. The first kappa shape index (κ1) is 20.3. The fraction of sp³-hybridized carbons (Fsp3) is 0.526. The molecular weight excluding hydrogens is 403 g/mol. The molecule has 0 aromatic carbocycles. The smallest absolute Gasteiger partial charge is 0.408 e. The van der Waals surface area contributed by atoms with E-state index in [1.54, 1.807) is 18.3 Å². The van der Waals surface area contributed by atoms with Gasteiger partial charge in [-0.1, -0.05) is 0 Å². The zero-order valence-corrected chi connectivity index (χ0v) is 16.0. The van der Waals surface area contributed by atoms with Crippen molar-refractivity contribution in [1.29, 1.82) is 0 Å². The van der Waals surface area contributed by atoms with Crippen LogP contribution in [0.2, 0.25) is 0 Å². The molecule has 1 aliphatic carbocycles. The number of halogens is 3. The third-order valence-corrected chi connectivity index (χ3v) is 5.28. The van der Waals surface area contributed by atoms with Crippen LogP contribution in [0.5, 0.6) is 5.88 Å². The number of rotatable bonds is 0. The average molecular weight is 425 g/mol. The highest BCUT2D eigenvalue weighted by Crippen LogP contribution is 2.36. The predicted octanol–water partition coefficient (Wildman–Crippen LogP) is 4.01. The molecular formula is C19H22F3N5O3. The van der Waals surface area contributed by atoms with E-state index in [0.29, 0.717) is 24.3 Å². The number of ether oxygens (including phenoxy) is 2. The standard InChI is InChI=1S/C19H22F3N5O3/c20-19(21,22)15-2-1-7-29-17-9-12(5-6-23-17)24-16-10-14(26-27-16)11-3-4-13(8-11)30-18(28)25-15/h5-6,9-11,13,15H,1-4,7-8H2,(H,25,28)(H2,24,26,27)/t11-,13+,15+/m0/s1. The maximum absolute atomic E-state index is 13.3. The lowest BCUT2D eigenvalue weighted by molar-refractivity contribution is -0.156. The van der Waals surface area contributed by atoms with E-state index < -0.39 is 24.4 Å². The normalized spacial score (nSPS) is 25.2. The van der Waals surface area contributed by atoms with Crippen molar-refractivity contribution in [2.45, 2.75) is 56.3 Å². The van der Waals surface area contributed by atoms with Crippen LogP contribution in [0.25, 0.3) is 0 Å². The number of amides is 1. The number of H-pyrrole nitrogens is 1. The summed E-state index contributed by atoms with van der Waals surface area (Å²) >= 11 is 0. The number of aromatic nitrogens is 3. The quantitative estimate of drug-likeness (QED) is 0.590. The van der Waals surface area contributed by atoms with Crippen molar-refractivity contribution < 1.29 is 27.4 Å². The number of hydrogen-bond acceptors (Lipinski definition) is 6. The minimum absolute atomic E-state index is 0.0244. The Morgan fingerprint density at radius 3 is 2.87 bits per heavy atom. The third-order valence-electron chi connectivity index (χ3n) is 5.28. The Kier molecular flexibility index (Phi) is 5.69. The van der Waals surface area contributed by atoms with Crippen LogP contribution >= 0.6 is 0 Å². The molecule has 0 radical (unpaired) electrons. The van der Waals surface area contributed by atoms with Gasteiger partial charge in [0.25, 0.3) is 0 Å². The monoisotopic (exact) mass is 425 g/mol. The highest BCUT2D eigenvalue weighted by molar-refractivity contribution is 5.68. The second-order valence-corrected chi connectivity index (χ2v) is 7.48. The third kappa shape index (κ3) is 4.95. The first-order valence-electron chi connectivity index (χ1n) is 9.82. The second-order valence-electron chi connectivity index (χ2n) is 7.48. The molecule has 30 heavy (non-hydrogen) atoms. The summed E-state index contributed by atoms with van der Waals surface area (Å²) in [4.78, 5) is 16.1. The maximum atomic E-state index is 13.3. The maximum Gasteiger partial charge on any atom is 0.408 e. The van der Waals surface area contributed by atoms with Gasteiger partial charge in [0.2, 0.25) is 5.88 Å². The molecule has 1 aliphatic heterocycles. The van der Waals surface area contributed by atoms with Crippen LogP contribution in [0.1, 0.15) is 43.7 Å². The lowest BCUT2D eigenvalue weighted by atomic mass is 10.0. The van der Waals surface area contributed by atoms with E-state index in [4.69, 9.17) is 9.47 Å². The lowest BCUT2D eigenvalue weighted by Gasteiger charge is -2.22. The Morgan fingerprint density at radius 1 is 1.17 bits per heavy atom. The molecule has 8 nitrogen and oxygen atoms in total. The molecule has 0 unspecified atom stereocenters. The number of alkyl halides is 3. The largest absolute Gasteiger partial charge is 0.478 e. The van der Waals surface area contributed by atoms with Crippen LogP contribution in [0.4, 0.5) is 29.5 Å². The van der Waals surface area contributed by atoms with Crippen molar-refractivity contribution in [3.05, 3.63) is 30.1 Å². The van der Waals surface area contributed by atoms with E-state index >= 15 is 0 Å². The van der Waals surface area contributed by atoms with Crippen LogP contribution < -0.4 is 15.4 Å². The topological polar surface area (TPSA) is 101 Å². The molecule has 0 spiro atoms. The number of carbonyl (C=O) groups is 1. The molecule has 3 heterocycles. The van der Waals surface area contributed by atoms with E-state index in [0.717, 1.165) is 12.1 Å². The fourth-order valence-corrected chi connectivity index (χ4v) is 3.76. The highest BCUT2D eigenvalue weighted by atomic mass is 19.4. The van der Waals surface area contributed by atoms with Crippen LogP contribution in [-0.4, -0.2) is 46.2 Å². The van der Waals surface area contributed by atoms with Gasteiger partial charge in [0, 0.05) is 35.6 Å². The summed E-state index contributed by atoms with van der Waals surface area (Å²) in [5.74, 6) is 0.990.